The number of benzene rings is 3. The lowest BCUT2D eigenvalue weighted by atomic mass is 10.1. The van der Waals surface area contributed by atoms with Crippen molar-refractivity contribution in [1.82, 2.24) is 9.55 Å². The van der Waals surface area contributed by atoms with Gasteiger partial charge in [0.25, 0.3) is 5.91 Å². The van der Waals surface area contributed by atoms with E-state index in [-0.39, 0.29) is 0 Å². The topological polar surface area (TPSA) is 73.2 Å². The van der Waals surface area contributed by atoms with E-state index in [2.05, 4.69) is 33.9 Å². The molecule has 1 amide bonds. The van der Waals surface area contributed by atoms with Gasteiger partial charge >= 0.3 is 5.97 Å². The molecule has 1 N–H and O–H groups in total. The molecule has 0 radical (unpaired) electrons. The van der Waals surface area contributed by atoms with Crippen LogP contribution in [0.3, 0.4) is 0 Å². The van der Waals surface area contributed by atoms with E-state index in [0.717, 1.165) is 39.3 Å². The Bertz CT molecular complexity index is 1600. The van der Waals surface area contributed by atoms with Crippen LogP contribution in [-0.4, -0.2) is 27.5 Å². The lowest BCUT2D eigenvalue weighted by molar-refractivity contribution is -0.148. The molecular formula is C29H25N3O3. The normalized spacial score (nSPS) is 12.4. The number of aryl methyl sites for hydroxylation is 1. The van der Waals surface area contributed by atoms with Gasteiger partial charge in [-0.25, -0.2) is 9.78 Å². The van der Waals surface area contributed by atoms with Gasteiger partial charge in [0.15, 0.2) is 6.10 Å². The summed E-state index contributed by atoms with van der Waals surface area (Å²) in [5.74, 6) is -1.00. The van der Waals surface area contributed by atoms with Crippen molar-refractivity contribution >= 4 is 56.3 Å². The van der Waals surface area contributed by atoms with Crippen molar-refractivity contribution in [3.63, 3.8) is 0 Å². The summed E-state index contributed by atoms with van der Waals surface area (Å²) in [6.07, 6.45) is 1.91. The zero-order chi connectivity index (χ0) is 24.4. The lowest BCUT2D eigenvalue weighted by Crippen LogP contribution is -2.29. The highest BCUT2D eigenvalue weighted by Crippen LogP contribution is 2.31. The van der Waals surface area contributed by atoms with Gasteiger partial charge < -0.3 is 14.6 Å². The van der Waals surface area contributed by atoms with E-state index in [1.807, 2.05) is 66.7 Å². The number of anilines is 1. The van der Waals surface area contributed by atoms with Crippen LogP contribution < -0.4 is 5.32 Å². The molecule has 2 heterocycles. The number of hydrogen-bond acceptors (Lipinski definition) is 4. The Kier molecular flexibility index (Phi) is 6.02. The van der Waals surface area contributed by atoms with Gasteiger partial charge in [0.05, 0.1) is 11.2 Å². The fourth-order valence-electron chi connectivity index (χ4n) is 4.31. The molecule has 0 saturated heterocycles. The third kappa shape index (κ3) is 4.51. The summed E-state index contributed by atoms with van der Waals surface area (Å²) in [6.45, 7) is 4.52. The standard InChI is InChI=1S/C29H25N3O3/c1-3-32-26-11-7-5-9-23(26)24-18-22(14-16-27(24)32)31-29(34)19(2)35-28(33)17-15-21-13-12-20-8-4-6-10-25(20)30-21/h4-19H,3H2,1-2H3,(H,31,34)/b17-15+. The summed E-state index contributed by atoms with van der Waals surface area (Å²) in [6, 6.07) is 25.6. The summed E-state index contributed by atoms with van der Waals surface area (Å²) >= 11 is 0. The van der Waals surface area contributed by atoms with E-state index in [1.54, 1.807) is 13.0 Å². The highest BCUT2D eigenvalue weighted by molar-refractivity contribution is 6.10. The Morgan fingerprint density at radius 2 is 1.74 bits per heavy atom. The number of nitrogens with one attached hydrogen (secondary N) is 1. The summed E-state index contributed by atoms with van der Waals surface area (Å²) in [4.78, 5) is 29.5. The maximum absolute atomic E-state index is 12.7. The first-order valence-electron chi connectivity index (χ1n) is 11.6. The minimum atomic E-state index is -0.954. The van der Waals surface area contributed by atoms with Gasteiger partial charge in [0.1, 0.15) is 0 Å². The minimum Gasteiger partial charge on any atom is -0.449 e. The smallest absolute Gasteiger partial charge is 0.331 e. The highest BCUT2D eigenvalue weighted by Gasteiger charge is 2.18. The van der Waals surface area contributed by atoms with E-state index in [4.69, 9.17) is 4.74 Å². The van der Waals surface area contributed by atoms with Gasteiger partial charge in [0.2, 0.25) is 0 Å². The van der Waals surface area contributed by atoms with Crippen molar-refractivity contribution in [3.8, 4) is 0 Å². The van der Waals surface area contributed by atoms with Crippen molar-refractivity contribution in [2.75, 3.05) is 5.32 Å². The van der Waals surface area contributed by atoms with Gasteiger partial charge in [-0.2, -0.15) is 0 Å². The molecule has 0 bridgehead atoms. The molecule has 0 aliphatic rings. The van der Waals surface area contributed by atoms with Crippen molar-refractivity contribution < 1.29 is 14.3 Å². The number of pyridine rings is 1. The van der Waals surface area contributed by atoms with E-state index in [0.29, 0.717) is 11.4 Å². The van der Waals surface area contributed by atoms with Crippen molar-refractivity contribution in [3.05, 3.63) is 90.6 Å². The van der Waals surface area contributed by atoms with E-state index in [1.165, 1.54) is 6.08 Å². The Labute approximate surface area is 202 Å². The number of esters is 1. The van der Waals surface area contributed by atoms with Crippen LogP contribution in [0.15, 0.2) is 84.9 Å². The fourth-order valence-corrected chi connectivity index (χ4v) is 4.31. The zero-order valence-corrected chi connectivity index (χ0v) is 19.6. The molecule has 0 spiro atoms. The quantitative estimate of drug-likeness (QED) is 0.250. The zero-order valence-electron chi connectivity index (χ0n) is 19.6. The third-order valence-corrected chi connectivity index (χ3v) is 6.03. The second-order valence-corrected chi connectivity index (χ2v) is 8.32. The molecule has 0 aliphatic carbocycles. The van der Waals surface area contributed by atoms with E-state index < -0.39 is 18.0 Å². The van der Waals surface area contributed by atoms with Crippen LogP contribution in [-0.2, 0) is 20.9 Å². The van der Waals surface area contributed by atoms with Gasteiger partial charge in [-0.15, -0.1) is 0 Å². The summed E-state index contributed by atoms with van der Waals surface area (Å²) < 4.78 is 7.55. The second-order valence-electron chi connectivity index (χ2n) is 8.32. The Hall–Kier alpha value is -4.45. The summed E-state index contributed by atoms with van der Waals surface area (Å²) in [7, 11) is 0. The van der Waals surface area contributed by atoms with Crippen LogP contribution in [0.5, 0.6) is 0 Å². The molecule has 0 fully saturated rings. The predicted molar refractivity (Wildman–Crippen MR) is 140 cm³/mol. The second kappa shape index (κ2) is 9.43. The van der Waals surface area contributed by atoms with Crippen molar-refractivity contribution in [2.24, 2.45) is 0 Å². The van der Waals surface area contributed by atoms with Gasteiger partial charge in [-0.05, 0) is 56.3 Å². The molecule has 1 unspecified atom stereocenters. The van der Waals surface area contributed by atoms with Gasteiger partial charge in [0, 0.05) is 45.5 Å². The largest absolute Gasteiger partial charge is 0.449 e. The molecule has 6 nitrogen and oxygen atoms in total. The molecule has 0 aliphatic heterocycles. The number of fused-ring (bicyclic) bond motifs is 4. The Morgan fingerprint density at radius 3 is 2.60 bits per heavy atom. The number of carbonyl (C=O) groups excluding carboxylic acids is 2. The molecule has 6 heteroatoms. The van der Waals surface area contributed by atoms with Crippen LogP contribution in [0, 0.1) is 0 Å². The van der Waals surface area contributed by atoms with Crippen LogP contribution in [0.25, 0.3) is 38.8 Å². The molecular weight excluding hydrogens is 438 g/mol. The first-order chi connectivity index (χ1) is 17.0. The fraction of sp³-hybridized carbons (Fsp3) is 0.138. The first-order valence-corrected chi connectivity index (χ1v) is 11.6. The monoisotopic (exact) mass is 463 g/mol. The molecule has 35 heavy (non-hydrogen) atoms. The number of carbonyl (C=O) groups is 2. The molecule has 0 saturated carbocycles. The summed E-state index contributed by atoms with van der Waals surface area (Å²) in [5, 5.41) is 6.08. The number of hydrogen-bond donors (Lipinski definition) is 1. The average Bonchev–Trinajstić information content (AvgIpc) is 3.20. The number of nitrogens with zero attached hydrogens (tertiary/aromatic N) is 2. The number of amides is 1. The maximum Gasteiger partial charge on any atom is 0.331 e. The SMILES string of the molecule is CCn1c2ccccc2c2cc(NC(=O)C(C)OC(=O)/C=C/c3ccc4ccccc4n3)ccc21. The minimum absolute atomic E-state index is 0.394. The van der Waals surface area contributed by atoms with Gasteiger partial charge in [-0.3, -0.25) is 4.79 Å². The average molecular weight is 464 g/mol. The first kappa shape index (κ1) is 22.3. The molecule has 174 valence electrons. The molecule has 3 aromatic carbocycles. The number of aromatic nitrogens is 2. The molecule has 5 aromatic rings. The van der Waals surface area contributed by atoms with Crippen LogP contribution in [0.1, 0.15) is 19.5 Å². The summed E-state index contributed by atoms with van der Waals surface area (Å²) in [5.41, 5.74) is 4.40. The molecule has 1 atom stereocenters. The van der Waals surface area contributed by atoms with Crippen molar-refractivity contribution in [1.29, 1.82) is 0 Å². The van der Waals surface area contributed by atoms with Gasteiger partial charge in [-0.1, -0.05) is 42.5 Å². The van der Waals surface area contributed by atoms with E-state index in [9.17, 15) is 9.59 Å². The maximum atomic E-state index is 12.7. The van der Waals surface area contributed by atoms with Crippen LogP contribution in [0.2, 0.25) is 0 Å². The highest BCUT2D eigenvalue weighted by atomic mass is 16.5. The number of rotatable bonds is 6. The van der Waals surface area contributed by atoms with Crippen LogP contribution in [0.4, 0.5) is 5.69 Å². The lowest BCUT2D eigenvalue weighted by Gasteiger charge is -2.12. The molecule has 2 aromatic heterocycles. The Balaban J connectivity index is 1.26. The number of para-hydroxylation sites is 2. The van der Waals surface area contributed by atoms with Crippen LogP contribution >= 0.6 is 0 Å². The van der Waals surface area contributed by atoms with E-state index >= 15 is 0 Å². The number of ether oxygens (including phenoxy) is 1. The van der Waals surface area contributed by atoms with Crippen molar-refractivity contribution in [2.45, 2.75) is 26.5 Å². The predicted octanol–water partition coefficient (Wildman–Crippen LogP) is 5.95. The molecule has 5 rings (SSSR count). The Morgan fingerprint density at radius 1 is 0.971 bits per heavy atom. The third-order valence-electron chi connectivity index (χ3n) is 6.03.